The molecule has 30 heavy (non-hydrogen) atoms. The molecule has 2 aromatic rings. The van der Waals surface area contributed by atoms with E-state index in [1.54, 1.807) is 12.1 Å². The Hall–Kier alpha value is -2.27. The van der Waals surface area contributed by atoms with Gasteiger partial charge in [-0.1, -0.05) is 18.2 Å². The van der Waals surface area contributed by atoms with Gasteiger partial charge in [0.15, 0.2) is 0 Å². The average molecular weight is 452 g/mol. The Morgan fingerprint density at radius 1 is 1.23 bits per heavy atom. The van der Waals surface area contributed by atoms with Crippen LogP contribution in [0.25, 0.3) is 0 Å². The highest BCUT2D eigenvalue weighted by Gasteiger charge is 2.51. The van der Waals surface area contributed by atoms with Crippen LogP contribution in [0.15, 0.2) is 46.1 Å². The lowest BCUT2D eigenvalue weighted by atomic mass is 10.2. The lowest BCUT2D eigenvalue weighted by Crippen LogP contribution is -2.32. The monoisotopic (exact) mass is 452 g/mol. The molecule has 0 amide bonds. The molecule has 1 saturated heterocycles. The zero-order chi connectivity index (χ0) is 21.7. The number of nitrogens with one attached hydrogen (secondary N) is 1. The molecule has 0 radical (unpaired) electrons. The van der Waals surface area contributed by atoms with Crippen molar-refractivity contribution in [2.75, 3.05) is 13.5 Å². The van der Waals surface area contributed by atoms with E-state index in [-0.39, 0.29) is 6.61 Å². The summed E-state index contributed by atoms with van der Waals surface area (Å²) in [6.07, 6.45) is -2.37. The molecular weight excluding hydrogens is 435 g/mol. The van der Waals surface area contributed by atoms with E-state index >= 15 is 0 Å². The van der Waals surface area contributed by atoms with Crippen LogP contribution in [0.1, 0.15) is 18.2 Å². The van der Waals surface area contributed by atoms with Crippen LogP contribution in [0.5, 0.6) is 5.75 Å². The summed E-state index contributed by atoms with van der Waals surface area (Å²) in [6.45, 7) is -1.95. The van der Waals surface area contributed by atoms with Crippen LogP contribution in [-0.2, 0) is 20.4 Å². The first-order chi connectivity index (χ1) is 14.3. The molecule has 0 saturated carbocycles. The molecule has 1 N–H and O–H groups in total. The number of H-pyrrole nitrogens is 1. The fraction of sp³-hybridized carbons (Fsp3) is 0.412. The van der Waals surface area contributed by atoms with Crippen molar-refractivity contribution < 1.29 is 35.9 Å². The predicted octanol–water partition coefficient (Wildman–Crippen LogP) is 3.20. The quantitative estimate of drug-likeness (QED) is 0.566. The van der Waals surface area contributed by atoms with Gasteiger partial charge in [-0.15, -0.1) is 0 Å². The molecule has 0 aliphatic carbocycles. The van der Waals surface area contributed by atoms with Crippen molar-refractivity contribution in [1.29, 1.82) is 0 Å². The third-order valence-electron chi connectivity index (χ3n) is 4.20. The molecule has 1 aromatic carbocycles. The first-order valence-electron chi connectivity index (χ1n) is 8.62. The third-order valence-corrected chi connectivity index (χ3v) is 5.25. The minimum atomic E-state index is -3.22. The fourth-order valence-electron chi connectivity index (χ4n) is 2.81. The Balaban J connectivity index is 0.000000806. The van der Waals surface area contributed by atoms with Crippen molar-refractivity contribution >= 4 is 8.60 Å². The lowest BCUT2D eigenvalue weighted by molar-refractivity contribution is -0.0994. The first-order valence-corrected chi connectivity index (χ1v) is 9.72. The Bertz CT molecular complexity index is 972. The van der Waals surface area contributed by atoms with Gasteiger partial charge in [-0.3, -0.25) is 23.4 Å². The summed E-state index contributed by atoms with van der Waals surface area (Å²) >= 11 is 0. The number of hydrogen-bond acceptors (Lipinski definition) is 6. The van der Waals surface area contributed by atoms with Gasteiger partial charge in [-0.25, -0.2) is 22.4 Å². The number of fused-ring (bicyclic) bond motifs is 1. The van der Waals surface area contributed by atoms with E-state index in [0.29, 0.717) is 5.75 Å². The summed E-state index contributed by atoms with van der Waals surface area (Å²) < 4.78 is 70.3. The SMILES string of the molecule is FCF.O=c1ccn(C2CC(F)(F)C(COP3OCc4ccccc4O3)O2)c(=O)[nH]1. The second-order valence-electron chi connectivity index (χ2n) is 6.15. The smallest absolute Gasteiger partial charge is 0.397 e. The van der Waals surface area contributed by atoms with Gasteiger partial charge in [0.05, 0.1) is 19.6 Å². The number of aromatic nitrogens is 2. The molecule has 164 valence electrons. The molecule has 2 aliphatic heterocycles. The molecule has 3 heterocycles. The van der Waals surface area contributed by atoms with E-state index in [9.17, 15) is 27.2 Å². The summed E-state index contributed by atoms with van der Waals surface area (Å²) in [7, 11) is -1.82. The molecule has 13 heteroatoms. The zero-order valence-electron chi connectivity index (χ0n) is 15.3. The van der Waals surface area contributed by atoms with E-state index in [0.717, 1.165) is 22.4 Å². The first kappa shape index (κ1) is 22.4. The molecule has 1 fully saturated rings. The summed E-state index contributed by atoms with van der Waals surface area (Å²) in [5, 5.41) is 0. The number of ether oxygens (including phenoxy) is 1. The van der Waals surface area contributed by atoms with Crippen molar-refractivity contribution in [3.63, 3.8) is 0 Å². The topological polar surface area (TPSA) is 91.8 Å². The second kappa shape index (κ2) is 9.69. The molecule has 8 nitrogen and oxygen atoms in total. The number of rotatable bonds is 4. The maximum Gasteiger partial charge on any atom is 0.397 e. The van der Waals surface area contributed by atoms with Crippen LogP contribution in [-0.4, -0.2) is 35.1 Å². The Morgan fingerprint density at radius 3 is 2.70 bits per heavy atom. The van der Waals surface area contributed by atoms with E-state index in [1.165, 1.54) is 0 Å². The molecule has 0 spiro atoms. The fourth-order valence-corrected chi connectivity index (χ4v) is 3.83. The van der Waals surface area contributed by atoms with Crippen LogP contribution < -0.4 is 15.8 Å². The molecule has 0 bridgehead atoms. The number of aromatic amines is 1. The van der Waals surface area contributed by atoms with Crippen LogP contribution in [0, 0.1) is 0 Å². The van der Waals surface area contributed by atoms with Crippen molar-refractivity contribution in [2.24, 2.45) is 0 Å². The second-order valence-corrected chi connectivity index (χ2v) is 7.30. The Labute approximate surface area is 168 Å². The zero-order valence-corrected chi connectivity index (χ0v) is 16.2. The van der Waals surface area contributed by atoms with Crippen molar-refractivity contribution in [3.8, 4) is 5.75 Å². The maximum atomic E-state index is 14.3. The lowest BCUT2D eigenvalue weighted by Gasteiger charge is -2.25. The van der Waals surface area contributed by atoms with Crippen LogP contribution in [0.4, 0.5) is 17.6 Å². The summed E-state index contributed by atoms with van der Waals surface area (Å²) in [5.41, 5.74) is -0.583. The molecule has 3 atom stereocenters. The van der Waals surface area contributed by atoms with Crippen molar-refractivity contribution in [1.82, 2.24) is 9.55 Å². The Kier molecular flexibility index (Phi) is 7.24. The number of alkyl halides is 4. The van der Waals surface area contributed by atoms with Crippen LogP contribution >= 0.6 is 8.60 Å². The number of hydrogen-bond donors (Lipinski definition) is 1. The van der Waals surface area contributed by atoms with Crippen LogP contribution in [0.3, 0.4) is 0 Å². The number of para-hydroxylation sites is 1. The molecular formula is C17H17F4N2O6P. The summed E-state index contributed by atoms with van der Waals surface area (Å²) in [6, 6.07) is 8.28. The van der Waals surface area contributed by atoms with Crippen molar-refractivity contribution in [2.45, 2.75) is 31.3 Å². The highest BCUT2D eigenvalue weighted by atomic mass is 31.2. The third kappa shape index (κ3) is 5.25. The van der Waals surface area contributed by atoms with Crippen molar-refractivity contribution in [3.05, 3.63) is 62.9 Å². The Morgan fingerprint density at radius 2 is 1.97 bits per heavy atom. The predicted molar refractivity (Wildman–Crippen MR) is 96.6 cm³/mol. The minimum Gasteiger partial charge on any atom is -0.426 e. The van der Waals surface area contributed by atoms with Gasteiger partial charge in [0.2, 0.25) is 6.93 Å². The van der Waals surface area contributed by atoms with Gasteiger partial charge < -0.3 is 9.26 Å². The van der Waals surface area contributed by atoms with Gasteiger partial charge in [0.25, 0.3) is 11.5 Å². The minimum absolute atomic E-state index is 0.263. The summed E-state index contributed by atoms with van der Waals surface area (Å²) in [4.78, 5) is 24.9. The van der Waals surface area contributed by atoms with Gasteiger partial charge >= 0.3 is 14.3 Å². The molecule has 2 aliphatic rings. The number of halogens is 4. The molecule has 4 rings (SSSR count). The van der Waals surface area contributed by atoms with Gasteiger partial charge in [0.1, 0.15) is 18.1 Å². The molecule has 1 aromatic heterocycles. The normalized spacial score (nSPS) is 24.3. The largest absolute Gasteiger partial charge is 0.426 e. The van der Waals surface area contributed by atoms with E-state index in [1.807, 2.05) is 17.1 Å². The van der Waals surface area contributed by atoms with E-state index < -0.39 is 58.1 Å². The summed E-state index contributed by atoms with van der Waals surface area (Å²) in [5.74, 6) is -2.63. The van der Waals surface area contributed by atoms with Gasteiger partial charge in [-0.05, 0) is 6.07 Å². The number of nitrogens with zero attached hydrogens (tertiary/aromatic N) is 1. The average Bonchev–Trinajstić information content (AvgIpc) is 3.01. The highest BCUT2D eigenvalue weighted by molar-refractivity contribution is 7.42. The van der Waals surface area contributed by atoms with E-state index in [2.05, 4.69) is 0 Å². The maximum absolute atomic E-state index is 14.3. The molecule has 3 unspecified atom stereocenters. The van der Waals surface area contributed by atoms with Gasteiger partial charge in [-0.2, -0.15) is 0 Å². The highest BCUT2D eigenvalue weighted by Crippen LogP contribution is 2.48. The standard InChI is InChI=1S/C16H15F2N2O6P.CH2F2/c17-16(18)7-14(20-6-5-13(21)19-15(20)22)25-12(16)9-24-27-23-8-10-3-1-2-4-11(10)26-27;2-1-3/h1-6,12,14H,7-9H2,(H,19,21,22);1H2. The number of benzene rings is 1. The van der Waals surface area contributed by atoms with Crippen LogP contribution in [0.2, 0.25) is 0 Å². The van der Waals surface area contributed by atoms with Gasteiger partial charge in [0, 0.05) is 17.8 Å². The van der Waals surface area contributed by atoms with E-state index in [4.69, 9.17) is 18.3 Å².